The van der Waals surface area contributed by atoms with E-state index in [4.69, 9.17) is 16.3 Å². The molecule has 6 rings (SSSR count). The van der Waals surface area contributed by atoms with Crippen molar-refractivity contribution in [2.45, 2.75) is 56.6 Å². The van der Waals surface area contributed by atoms with E-state index in [1.807, 2.05) is 30.3 Å². The van der Waals surface area contributed by atoms with Gasteiger partial charge in [0.2, 0.25) is 5.91 Å². The van der Waals surface area contributed by atoms with Gasteiger partial charge in [0.1, 0.15) is 5.82 Å². The Balaban J connectivity index is 1.16. The van der Waals surface area contributed by atoms with Crippen LogP contribution >= 0.6 is 11.6 Å². The van der Waals surface area contributed by atoms with Crippen LogP contribution in [0.3, 0.4) is 0 Å². The fourth-order valence-corrected chi connectivity index (χ4v) is 6.97. The highest BCUT2D eigenvalue weighted by molar-refractivity contribution is 6.32. The molecular formula is C30H35ClN4O3. The summed E-state index contributed by atoms with van der Waals surface area (Å²) in [7, 11) is 0. The lowest BCUT2D eigenvalue weighted by molar-refractivity contribution is -0.117. The third-order valence-corrected chi connectivity index (χ3v) is 9.43. The Morgan fingerprint density at radius 1 is 1.21 bits per heavy atom. The number of carbonyl (C=O) groups is 1. The zero-order valence-electron chi connectivity index (χ0n) is 21.9. The number of aliphatic hydroxyl groups excluding tert-OH is 1. The first-order chi connectivity index (χ1) is 18.4. The molecule has 0 unspecified atom stereocenters. The van der Waals surface area contributed by atoms with E-state index >= 15 is 0 Å². The Morgan fingerprint density at radius 3 is 2.71 bits per heavy atom. The number of likely N-dealkylation sites (tertiary alicyclic amines) is 1. The number of aliphatic hydroxyl groups is 1. The van der Waals surface area contributed by atoms with Gasteiger partial charge in [-0.1, -0.05) is 31.0 Å². The van der Waals surface area contributed by atoms with Gasteiger partial charge in [-0.2, -0.15) is 0 Å². The molecule has 0 radical (unpaired) electrons. The van der Waals surface area contributed by atoms with E-state index in [0.29, 0.717) is 30.9 Å². The van der Waals surface area contributed by atoms with Crippen molar-refractivity contribution >= 4 is 34.1 Å². The zero-order valence-corrected chi connectivity index (χ0v) is 22.7. The molecule has 2 aliphatic heterocycles. The van der Waals surface area contributed by atoms with Crippen LogP contribution in [0.15, 0.2) is 48.8 Å². The Morgan fingerprint density at radius 2 is 2.03 bits per heavy atom. The number of rotatable bonds is 6. The highest BCUT2D eigenvalue weighted by atomic mass is 35.5. The largest absolute Gasteiger partial charge is 0.389 e. The van der Waals surface area contributed by atoms with Gasteiger partial charge in [0.15, 0.2) is 0 Å². The van der Waals surface area contributed by atoms with E-state index in [1.165, 1.54) is 0 Å². The van der Waals surface area contributed by atoms with Gasteiger partial charge in [-0.25, -0.2) is 4.98 Å². The Bertz CT molecular complexity index is 1330. The molecule has 0 bridgehead atoms. The van der Waals surface area contributed by atoms with E-state index in [-0.39, 0.29) is 23.3 Å². The van der Waals surface area contributed by atoms with Crippen LogP contribution in [-0.4, -0.2) is 63.8 Å². The summed E-state index contributed by atoms with van der Waals surface area (Å²) < 4.78 is 5.55. The van der Waals surface area contributed by atoms with Crippen LogP contribution in [0.4, 0.5) is 5.82 Å². The number of piperidine rings is 1. The van der Waals surface area contributed by atoms with Crippen LogP contribution < -0.4 is 5.32 Å². The van der Waals surface area contributed by atoms with E-state index in [9.17, 15) is 9.90 Å². The highest BCUT2D eigenvalue weighted by Gasteiger charge is 2.55. The second kappa shape index (κ2) is 10.2. The summed E-state index contributed by atoms with van der Waals surface area (Å²) in [6.45, 7) is 6.99. The minimum Gasteiger partial charge on any atom is -0.389 e. The molecule has 1 amide bonds. The van der Waals surface area contributed by atoms with E-state index < -0.39 is 6.10 Å². The average Bonchev–Trinajstić information content (AvgIpc) is 3.58. The van der Waals surface area contributed by atoms with Crippen molar-refractivity contribution in [2.24, 2.45) is 11.8 Å². The number of aromatic nitrogens is 2. The van der Waals surface area contributed by atoms with Crippen molar-refractivity contribution in [3.63, 3.8) is 0 Å². The quantitative estimate of drug-likeness (QED) is 0.463. The molecule has 2 N–H and O–H groups in total. The Hall–Kier alpha value is -2.58. The predicted octanol–water partition coefficient (Wildman–Crippen LogP) is 4.99. The van der Waals surface area contributed by atoms with E-state index in [2.05, 4.69) is 40.1 Å². The summed E-state index contributed by atoms with van der Waals surface area (Å²) >= 11 is 6.75. The van der Waals surface area contributed by atoms with Crippen LogP contribution in [0.1, 0.15) is 56.2 Å². The molecule has 2 saturated heterocycles. The van der Waals surface area contributed by atoms with Gasteiger partial charge in [0.25, 0.3) is 0 Å². The number of halogens is 1. The number of ether oxygens (including phenoxy) is 1. The van der Waals surface area contributed by atoms with E-state index in [1.54, 1.807) is 12.4 Å². The van der Waals surface area contributed by atoms with Crippen molar-refractivity contribution < 1.29 is 14.6 Å². The van der Waals surface area contributed by atoms with Gasteiger partial charge in [0.05, 0.1) is 30.8 Å². The number of nitrogens with one attached hydrogen (secondary N) is 1. The molecule has 1 aliphatic carbocycles. The molecular weight excluding hydrogens is 500 g/mol. The zero-order chi connectivity index (χ0) is 26.4. The van der Waals surface area contributed by atoms with Crippen LogP contribution in [-0.2, 0) is 9.53 Å². The molecule has 1 aromatic carbocycles. The normalized spacial score (nSPS) is 30.0. The Kier molecular flexibility index (Phi) is 6.89. The molecule has 2 aromatic heterocycles. The lowest BCUT2D eigenvalue weighted by Crippen LogP contribution is -2.56. The molecule has 3 aromatic rings. The second-order valence-electron chi connectivity index (χ2n) is 11.3. The number of hydrogen-bond acceptors (Lipinski definition) is 6. The number of pyridine rings is 2. The monoisotopic (exact) mass is 534 g/mol. The summed E-state index contributed by atoms with van der Waals surface area (Å²) in [6.07, 6.45) is 6.00. The first kappa shape index (κ1) is 25.7. The van der Waals surface area contributed by atoms with Crippen LogP contribution in [0.5, 0.6) is 0 Å². The maximum absolute atomic E-state index is 13.2. The van der Waals surface area contributed by atoms with Crippen molar-refractivity contribution in [3.8, 4) is 0 Å². The molecule has 200 valence electrons. The number of amides is 1. The molecule has 1 saturated carbocycles. The molecule has 3 fully saturated rings. The minimum absolute atomic E-state index is 0.00693. The highest BCUT2D eigenvalue weighted by Crippen LogP contribution is 2.55. The summed E-state index contributed by atoms with van der Waals surface area (Å²) in [5.41, 5.74) is 1.81. The molecule has 8 heteroatoms. The Labute approximate surface area is 228 Å². The van der Waals surface area contributed by atoms with Crippen molar-refractivity contribution in [1.82, 2.24) is 14.9 Å². The topological polar surface area (TPSA) is 87.6 Å². The standard InChI is InChI=1S/C30H35ClN4O3/c1-3-21-27(24-6-4-5-9-32-24)28(21)29(37)34-26-14-19-12-22(23(31)13-20(19)15-33-26)18-7-10-35(11-8-18)30(2)17-38-16-25(30)36/h4-6,9,12-15,18,21,25,27-28,36H,3,7-8,10-11,16-17H2,1-2H3,(H,33,34,37)/t21-,25-,27+,28+,30+/m0/s1. The number of fused-ring (bicyclic) bond motifs is 1. The first-order valence-electron chi connectivity index (χ1n) is 13.7. The maximum atomic E-state index is 13.2. The number of nitrogens with zero attached hydrogens (tertiary/aromatic N) is 3. The molecule has 38 heavy (non-hydrogen) atoms. The lowest BCUT2D eigenvalue weighted by atomic mass is 9.85. The number of anilines is 1. The first-order valence-corrected chi connectivity index (χ1v) is 14.1. The van der Waals surface area contributed by atoms with Crippen LogP contribution in [0.25, 0.3) is 10.8 Å². The van der Waals surface area contributed by atoms with Gasteiger partial charge in [-0.05, 0) is 86.0 Å². The predicted molar refractivity (Wildman–Crippen MR) is 148 cm³/mol. The fourth-order valence-electron chi connectivity index (χ4n) is 6.65. The second-order valence-corrected chi connectivity index (χ2v) is 11.7. The lowest BCUT2D eigenvalue weighted by Gasteiger charge is -2.43. The average molecular weight is 535 g/mol. The van der Waals surface area contributed by atoms with Crippen LogP contribution in [0, 0.1) is 11.8 Å². The molecule has 3 aliphatic rings. The summed E-state index contributed by atoms with van der Waals surface area (Å²) in [6, 6.07) is 12.0. The minimum atomic E-state index is -0.452. The molecule has 0 spiro atoms. The van der Waals surface area contributed by atoms with Crippen molar-refractivity contribution in [1.29, 1.82) is 0 Å². The van der Waals surface area contributed by atoms with Gasteiger partial charge < -0.3 is 15.2 Å². The molecule has 7 nitrogen and oxygen atoms in total. The van der Waals surface area contributed by atoms with Gasteiger partial charge >= 0.3 is 0 Å². The number of benzene rings is 1. The van der Waals surface area contributed by atoms with Crippen molar-refractivity contribution in [2.75, 3.05) is 31.6 Å². The third kappa shape index (κ3) is 4.60. The molecule has 5 atom stereocenters. The summed E-state index contributed by atoms with van der Waals surface area (Å²) in [5.74, 6) is 1.30. The fraction of sp³-hybridized carbons (Fsp3) is 0.500. The van der Waals surface area contributed by atoms with Gasteiger partial charge in [-0.15, -0.1) is 0 Å². The summed E-state index contributed by atoms with van der Waals surface area (Å²) in [5, 5.41) is 16.2. The summed E-state index contributed by atoms with van der Waals surface area (Å²) in [4.78, 5) is 24.6. The van der Waals surface area contributed by atoms with Crippen molar-refractivity contribution in [3.05, 3.63) is 65.1 Å². The van der Waals surface area contributed by atoms with E-state index in [0.717, 1.165) is 59.4 Å². The third-order valence-electron chi connectivity index (χ3n) is 9.11. The van der Waals surface area contributed by atoms with Gasteiger partial charge in [0, 0.05) is 34.4 Å². The SMILES string of the molecule is CC[C@@H]1[C@@H](C(=O)Nc2cc3cc(C4CCN([C@]5(C)COC[C@@H]5O)CC4)c(Cl)cc3cn2)[C@H]1c1ccccn1. The van der Waals surface area contributed by atoms with Gasteiger partial charge in [-0.3, -0.25) is 14.7 Å². The number of carbonyl (C=O) groups excluding carboxylic acids is 1. The smallest absolute Gasteiger partial charge is 0.229 e. The van der Waals surface area contributed by atoms with Crippen LogP contribution in [0.2, 0.25) is 5.02 Å². The maximum Gasteiger partial charge on any atom is 0.229 e. The number of hydrogen-bond donors (Lipinski definition) is 2. The molecule has 4 heterocycles.